The van der Waals surface area contributed by atoms with Crippen molar-refractivity contribution in [3.63, 3.8) is 0 Å². The number of hydrogen-bond donors (Lipinski definition) is 3. The molecule has 5 nitrogen and oxygen atoms in total. The Bertz CT molecular complexity index is 526. The first-order valence-corrected chi connectivity index (χ1v) is 4.87. The smallest absolute Gasteiger partial charge is 0.326 e. The number of hydrogen-bond acceptors (Lipinski definition) is 3. The Labute approximate surface area is 98.4 Å². The van der Waals surface area contributed by atoms with Crippen LogP contribution in [0.3, 0.4) is 0 Å². The lowest BCUT2D eigenvalue weighted by atomic mass is 10.1. The first-order chi connectivity index (χ1) is 8.17. The van der Waals surface area contributed by atoms with Gasteiger partial charge in [-0.2, -0.15) is 0 Å². The molecule has 0 saturated carbocycles. The van der Waals surface area contributed by atoms with Gasteiger partial charge in [-0.1, -0.05) is 36.4 Å². The fourth-order valence-corrected chi connectivity index (χ4v) is 1.28. The van der Waals surface area contributed by atoms with Gasteiger partial charge in [-0.25, -0.2) is 10.6 Å². The van der Waals surface area contributed by atoms with Gasteiger partial charge in [0, 0.05) is 5.56 Å². The van der Waals surface area contributed by atoms with Crippen LogP contribution in [0.15, 0.2) is 42.5 Å². The summed E-state index contributed by atoms with van der Waals surface area (Å²) in [6.07, 6.45) is 0.867. The van der Waals surface area contributed by atoms with Gasteiger partial charge < -0.3 is 5.73 Å². The number of rotatable bonds is 1. The predicted octanol–water partition coefficient (Wildman–Crippen LogP) is 1.18. The van der Waals surface area contributed by atoms with E-state index in [9.17, 15) is 9.59 Å². The topological polar surface area (TPSA) is 98.2 Å². The maximum Gasteiger partial charge on any atom is 0.326 e. The zero-order chi connectivity index (χ0) is 12.7. The fourth-order valence-electron chi connectivity index (χ4n) is 1.28. The second kappa shape index (κ2) is 6.24. The molecule has 0 fully saturated rings. The number of benzene rings is 2. The molecule has 5 heteroatoms. The van der Waals surface area contributed by atoms with Crippen LogP contribution in [0.25, 0.3) is 10.8 Å². The van der Waals surface area contributed by atoms with Gasteiger partial charge in [0.1, 0.15) is 6.29 Å². The molecule has 88 valence electrons. The third-order valence-electron chi connectivity index (χ3n) is 2.05. The first kappa shape index (κ1) is 12.7. The molecule has 0 heterocycles. The number of carbonyl (C=O) groups is 2. The summed E-state index contributed by atoms with van der Waals surface area (Å²) in [5.74, 6) is 4.45. The SMILES string of the molecule is NNC(N)=O.O=Cc1ccc2ccccc2c1. The zero-order valence-electron chi connectivity index (χ0n) is 9.09. The zero-order valence-corrected chi connectivity index (χ0v) is 9.09. The summed E-state index contributed by atoms with van der Waals surface area (Å²) in [5.41, 5.74) is 6.81. The number of nitrogens with one attached hydrogen (secondary N) is 1. The van der Waals surface area contributed by atoms with Crippen LogP contribution in [0.5, 0.6) is 0 Å². The van der Waals surface area contributed by atoms with Crippen molar-refractivity contribution in [1.29, 1.82) is 0 Å². The Morgan fingerprint density at radius 3 is 2.24 bits per heavy atom. The summed E-state index contributed by atoms with van der Waals surface area (Å²) in [5, 5.41) is 2.28. The molecule has 2 rings (SSSR count). The molecule has 0 atom stereocenters. The van der Waals surface area contributed by atoms with E-state index in [1.165, 1.54) is 5.39 Å². The maximum absolute atomic E-state index is 10.5. The van der Waals surface area contributed by atoms with Crippen LogP contribution < -0.4 is 17.0 Å². The van der Waals surface area contributed by atoms with Crippen LogP contribution >= 0.6 is 0 Å². The molecule has 2 aromatic rings. The third kappa shape index (κ3) is 3.92. The Balaban J connectivity index is 0.000000249. The van der Waals surface area contributed by atoms with E-state index in [1.807, 2.05) is 42.5 Å². The van der Waals surface area contributed by atoms with Crippen molar-refractivity contribution in [2.45, 2.75) is 0 Å². The molecule has 0 radical (unpaired) electrons. The number of nitrogens with two attached hydrogens (primary N) is 2. The summed E-state index contributed by atoms with van der Waals surface area (Å²) >= 11 is 0. The van der Waals surface area contributed by atoms with Crippen LogP contribution in [0.2, 0.25) is 0 Å². The maximum atomic E-state index is 10.5. The Morgan fingerprint density at radius 2 is 1.71 bits per heavy atom. The highest BCUT2D eigenvalue weighted by molar-refractivity contribution is 5.88. The van der Waals surface area contributed by atoms with Crippen LogP contribution in [-0.4, -0.2) is 12.3 Å². The lowest BCUT2D eigenvalue weighted by Crippen LogP contribution is -2.34. The predicted molar refractivity (Wildman–Crippen MR) is 66.2 cm³/mol. The van der Waals surface area contributed by atoms with Crippen molar-refractivity contribution >= 4 is 23.1 Å². The van der Waals surface area contributed by atoms with E-state index in [0.29, 0.717) is 0 Å². The molecule has 0 aliphatic carbocycles. The van der Waals surface area contributed by atoms with Gasteiger partial charge in [0.2, 0.25) is 0 Å². The first-order valence-electron chi connectivity index (χ1n) is 4.87. The van der Waals surface area contributed by atoms with Crippen molar-refractivity contribution in [3.05, 3.63) is 48.0 Å². The number of fused-ring (bicyclic) bond motifs is 1. The quantitative estimate of drug-likeness (QED) is 0.297. The minimum atomic E-state index is -0.718. The highest BCUT2D eigenvalue weighted by Crippen LogP contribution is 2.14. The lowest BCUT2D eigenvalue weighted by molar-refractivity contribution is 0.112. The molecule has 0 unspecified atom stereocenters. The molecular formula is C12H13N3O2. The molecule has 2 amide bonds. The second-order valence-electron chi connectivity index (χ2n) is 3.23. The Morgan fingerprint density at radius 1 is 1.12 bits per heavy atom. The van der Waals surface area contributed by atoms with E-state index in [4.69, 9.17) is 0 Å². The number of amides is 2. The monoisotopic (exact) mass is 231 g/mol. The molecule has 2 aromatic carbocycles. The molecule has 0 spiro atoms. The molecule has 0 aliphatic heterocycles. The van der Waals surface area contributed by atoms with E-state index >= 15 is 0 Å². The van der Waals surface area contributed by atoms with Gasteiger partial charge in [0.05, 0.1) is 0 Å². The van der Waals surface area contributed by atoms with Gasteiger partial charge in [0.25, 0.3) is 0 Å². The molecule has 0 saturated heterocycles. The van der Waals surface area contributed by atoms with Crippen molar-refractivity contribution in [2.24, 2.45) is 11.6 Å². The van der Waals surface area contributed by atoms with Crippen LogP contribution in [0, 0.1) is 0 Å². The van der Waals surface area contributed by atoms with Crippen molar-refractivity contribution in [3.8, 4) is 0 Å². The third-order valence-corrected chi connectivity index (χ3v) is 2.05. The molecule has 5 N–H and O–H groups in total. The van der Waals surface area contributed by atoms with Gasteiger partial charge in [-0.15, -0.1) is 0 Å². The molecule has 0 bridgehead atoms. The summed E-state index contributed by atoms with van der Waals surface area (Å²) < 4.78 is 0. The molecule has 0 aromatic heterocycles. The Hall–Kier alpha value is -2.40. The summed E-state index contributed by atoms with van der Waals surface area (Å²) in [6, 6.07) is 13.0. The summed E-state index contributed by atoms with van der Waals surface area (Å²) in [7, 11) is 0. The van der Waals surface area contributed by atoms with E-state index in [0.717, 1.165) is 17.2 Å². The molecule has 17 heavy (non-hydrogen) atoms. The number of aldehydes is 1. The van der Waals surface area contributed by atoms with E-state index in [-0.39, 0.29) is 0 Å². The van der Waals surface area contributed by atoms with Crippen molar-refractivity contribution < 1.29 is 9.59 Å². The highest BCUT2D eigenvalue weighted by atomic mass is 16.2. The highest BCUT2D eigenvalue weighted by Gasteiger charge is 1.92. The second-order valence-corrected chi connectivity index (χ2v) is 3.23. The van der Waals surface area contributed by atoms with Crippen LogP contribution in [0.4, 0.5) is 4.79 Å². The summed E-state index contributed by atoms with van der Waals surface area (Å²) in [6.45, 7) is 0. The van der Waals surface area contributed by atoms with Gasteiger partial charge in [-0.05, 0) is 16.8 Å². The van der Waals surface area contributed by atoms with Gasteiger partial charge in [-0.3, -0.25) is 10.2 Å². The number of hydrazine groups is 1. The van der Waals surface area contributed by atoms with Crippen molar-refractivity contribution in [1.82, 2.24) is 5.43 Å². The largest absolute Gasteiger partial charge is 0.351 e. The van der Waals surface area contributed by atoms with E-state index in [1.54, 1.807) is 5.43 Å². The molecular weight excluding hydrogens is 218 g/mol. The average Bonchev–Trinajstić information content (AvgIpc) is 2.38. The van der Waals surface area contributed by atoms with Crippen LogP contribution in [-0.2, 0) is 0 Å². The number of primary amides is 1. The number of urea groups is 1. The van der Waals surface area contributed by atoms with E-state index < -0.39 is 6.03 Å². The van der Waals surface area contributed by atoms with Crippen LogP contribution in [0.1, 0.15) is 10.4 Å². The van der Waals surface area contributed by atoms with Gasteiger partial charge >= 0.3 is 6.03 Å². The standard InChI is InChI=1S/C11H8O.CH5N3O/c12-8-9-5-6-10-3-1-2-4-11(10)7-9;2-1(5)4-3/h1-8H;3H2,(H3,2,4,5). The van der Waals surface area contributed by atoms with Gasteiger partial charge in [0.15, 0.2) is 0 Å². The number of carbonyl (C=O) groups excluding carboxylic acids is 2. The summed E-state index contributed by atoms with van der Waals surface area (Å²) in [4.78, 5) is 19.8. The van der Waals surface area contributed by atoms with Crippen molar-refractivity contribution in [2.75, 3.05) is 0 Å². The minimum Gasteiger partial charge on any atom is -0.351 e. The normalized spacial score (nSPS) is 9.00. The molecule has 0 aliphatic rings. The fraction of sp³-hybridized carbons (Fsp3) is 0. The Kier molecular flexibility index (Phi) is 4.65. The lowest BCUT2D eigenvalue weighted by Gasteiger charge is -1.96. The minimum absolute atomic E-state index is 0.718. The van der Waals surface area contributed by atoms with E-state index in [2.05, 4.69) is 11.6 Å². The average molecular weight is 231 g/mol.